The second kappa shape index (κ2) is 5.55. The van der Waals surface area contributed by atoms with Gasteiger partial charge < -0.3 is 4.74 Å². The van der Waals surface area contributed by atoms with E-state index in [0.29, 0.717) is 26.1 Å². The molecule has 0 radical (unpaired) electrons. The van der Waals surface area contributed by atoms with Gasteiger partial charge in [-0.05, 0) is 30.5 Å². The zero-order valence-corrected chi connectivity index (χ0v) is 11.3. The summed E-state index contributed by atoms with van der Waals surface area (Å²) in [6.07, 6.45) is 0.939. The minimum atomic E-state index is -3.59. The lowest BCUT2D eigenvalue weighted by atomic mass is 9.93. The predicted octanol–water partition coefficient (Wildman–Crippen LogP) is 2.34. The van der Waals surface area contributed by atoms with Crippen LogP contribution in [0.2, 0.25) is 0 Å². The van der Waals surface area contributed by atoms with Crippen molar-refractivity contribution in [3.05, 3.63) is 35.6 Å². The van der Waals surface area contributed by atoms with E-state index < -0.39 is 14.3 Å². The Bertz CT molecular complexity index is 501. The first-order valence-corrected chi connectivity index (χ1v) is 8.10. The lowest BCUT2D eigenvalue weighted by molar-refractivity contribution is 0.0577. The van der Waals surface area contributed by atoms with E-state index in [1.54, 1.807) is 12.1 Å². The normalized spacial score (nSPS) is 25.0. The van der Waals surface area contributed by atoms with Gasteiger partial charge in [-0.2, -0.15) is 0 Å². The molecule has 0 N–H and O–H groups in total. The van der Waals surface area contributed by atoms with Crippen molar-refractivity contribution in [3.63, 3.8) is 0 Å². The molecule has 1 aliphatic rings. The summed E-state index contributed by atoms with van der Waals surface area (Å²) >= 11 is 0. The summed E-state index contributed by atoms with van der Waals surface area (Å²) in [5.41, 5.74) is 0.886. The van der Waals surface area contributed by atoms with Crippen molar-refractivity contribution in [2.45, 2.75) is 18.1 Å². The van der Waals surface area contributed by atoms with Crippen LogP contribution in [0.15, 0.2) is 24.3 Å². The molecule has 2 rings (SSSR count). The number of benzene rings is 1. The van der Waals surface area contributed by atoms with Crippen LogP contribution in [0.5, 0.6) is 0 Å². The summed E-state index contributed by atoms with van der Waals surface area (Å²) < 4.78 is 41.1. The zero-order valence-electron chi connectivity index (χ0n) is 9.68. The molecular formula is C12H14ClFO3S. The molecule has 0 unspecified atom stereocenters. The fourth-order valence-corrected chi connectivity index (χ4v) is 3.98. The predicted molar refractivity (Wildman–Crippen MR) is 67.6 cm³/mol. The maximum atomic E-state index is 12.8. The molecule has 1 saturated heterocycles. The highest BCUT2D eigenvalue weighted by Crippen LogP contribution is 2.27. The van der Waals surface area contributed by atoms with Crippen molar-refractivity contribution in [2.75, 3.05) is 13.2 Å². The van der Waals surface area contributed by atoms with E-state index in [-0.39, 0.29) is 11.7 Å². The monoisotopic (exact) mass is 292 g/mol. The Morgan fingerprint density at radius 1 is 1.33 bits per heavy atom. The average Bonchev–Trinajstić information content (AvgIpc) is 2.31. The van der Waals surface area contributed by atoms with Crippen molar-refractivity contribution in [3.8, 4) is 0 Å². The van der Waals surface area contributed by atoms with Gasteiger partial charge >= 0.3 is 0 Å². The number of hydrogen-bond acceptors (Lipinski definition) is 3. The molecule has 1 aromatic carbocycles. The van der Waals surface area contributed by atoms with Crippen molar-refractivity contribution < 1.29 is 17.5 Å². The van der Waals surface area contributed by atoms with Gasteiger partial charge in [-0.25, -0.2) is 12.8 Å². The van der Waals surface area contributed by atoms with Gasteiger partial charge in [0.1, 0.15) is 5.82 Å². The largest absolute Gasteiger partial charge is 0.381 e. The summed E-state index contributed by atoms with van der Waals surface area (Å²) in [4.78, 5) is 0. The van der Waals surface area contributed by atoms with Crippen LogP contribution in [0.1, 0.15) is 12.0 Å². The SMILES string of the molecule is O=S(=O)(Cl)[C@@H]1CCOC[C@H]1Cc1ccc(F)cc1. The van der Waals surface area contributed by atoms with Crippen LogP contribution in [0.3, 0.4) is 0 Å². The topological polar surface area (TPSA) is 43.4 Å². The first-order valence-electron chi connectivity index (χ1n) is 5.72. The van der Waals surface area contributed by atoms with Gasteiger partial charge in [-0.15, -0.1) is 0 Å². The van der Waals surface area contributed by atoms with Crippen LogP contribution in [-0.4, -0.2) is 26.9 Å². The molecule has 6 heteroatoms. The van der Waals surface area contributed by atoms with Crippen molar-refractivity contribution in [1.29, 1.82) is 0 Å². The highest BCUT2D eigenvalue weighted by molar-refractivity contribution is 8.14. The van der Waals surface area contributed by atoms with Crippen LogP contribution in [-0.2, 0) is 20.2 Å². The van der Waals surface area contributed by atoms with E-state index in [1.165, 1.54) is 12.1 Å². The smallest absolute Gasteiger partial charge is 0.235 e. The van der Waals surface area contributed by atoms with Gasteiger partial charge in [0.2, 0.25) is 9.05 Å². The molecule has 1 heterocycles. The lowest BCUT2D eigenvalue weighted by Gasteiger charge is -2.29. The summed E-state index contributed by atoms with van der Waals surface area (Å²) in [6, 6.07) is 6.04. The number of hydrogen-bond donors (Lipinski definition) is 0. The molecule has 3 nitrogen and oxygen atoms in total. The van der Waals surface area contributed by atoms with E-state index in [0.717, 1.165) is 5.56 Å². The molecule has 18 heavy (non-hydrogen) atoms. The maximum absolute atomic E-state index is 12.8. The quantitative estimate of drug-likeness (QED) is 0.803. The van der Waals surface area contributed by atoms with E-state index in [2.05, 4.69) is 0 Å². The zero-order chi connectivity index (χ0) is 13.2. The number of rotatable bonds is 3. The minimum Gasteiger partial charge on any atom is -0.381 e. The molecule has 0 amide bonds. The van der Waals surface area contributed by atoms with Crippen LogP contribution in [0, 0.1) is 11.7 Å². The molecule has 0 spiro atoms. The molecule has 100 valence electrons. The second-order valence-corrected chi connectivity index (χ2v) is 7.32. The van der Waals surface area contributed by atoms with Gasteiger partial charge in [0.05, 0.1) is 11.9 Å². The molecular weight excluding hydrogens is 279 g/mol. The average molecular weight is 293 g/mol. The van der Waals surface area contributed by atoms with E-state index >= 15 is 0 Å². The second-order valence-electron chi connectivity index (χ2n) is 4.47. The van der Waals surface area contributed by atoms with Gasteiger partial charge in [0, 0.05) is 23.2 Å². The Kier molecular flexibility index (Phi) is 4.25. The molecule has 0 aliphatic carbocycles. The Balaban J connectivity index is 2.13. The van der Waals surface area contributed by atoms with Crippen LogP contribution in [0.25, 0.3) is 0 Å². The molecule has 2 atom stereocenters. The molecule has 1 aromatic rings. The van der Waals surface area contributed by atoms with Crippen LogP contribution in [0.4, 0.5) is 4.39 Å². The van der Waals surface area contributed by atoms with E-state index in [9.17, 15) is 12.8 Å². The third kappa shape index (κ3) is 3.43. The van der Waals surface area contributed by atoms with Crippen molar-refractivity contribution in [2.24, 2.45) is 5.92 Å². The molecule has 1 fully saturated rings. The Labute approximate surface area is 110 Å². The van der Waals surface area contributed by atoms with Crippen molar-refractivity contribution >= 4 is 19.7 Å². The van der Waals surface area contributed by atoms with Crippen molar-refractivity contribution in [1.82, 2.24) is 0 Å². The maximum Gasteiger partial charge on any atom is 0.235 e. The van der Waals surface area contributed by atoms with Crippen LogP contribution < -0.4 is 0 Å². The summed E-state index contributed by atoms with van der Waals surface area (Å²) in [5, 5.41) is -0.585. The Hall–Kier alpha value is -0.650. The third-order valence-electron chi connectivity index (χ3n) is 3.18. The lowest BCUT2D eigenvalue weighted by Crippen LogP contribution is -2.37. The van der Waals surface area contributed by atoms with Gasteiger partial charge in [0.15, 0.2) is 0 Å². The highest BCUT2D eigenvalue weighted by Gasteiger charge is 2.34. The van der Waals surface area contributed by atoms with Crippen LogP contribution >= 0.6 is 10.7 Å². The molecule has 0 saturated carbocycles. The Morgan fingerprint density at radius 3 is 2.61 bits per heavy atom. The fraction of sp³-hybridized carbons (Fsp3) is 0.500. The summed E-state index contributed by atoms with van der Waals surface area (Å²) in [7, 11) is 1.87. The molecule has 0 aromatic heterocycles. The standard InChI is InChI=1S/C12H14ClFO3S/c13-18(15,16)12-5-6-17-8-10(12)7-9-1-3-11(14)4-2-9/h1-4,10,12H,5-8H2/t10-,12-/m1/s1. The van der Waals surface area contributed by atoms with Gasteiger partial charge in [0.25, 0.3) is 0 Å². The van der Waals surface area contributed by atoms with E-state index in [4.69, 9.17) is 15.4 Å². The summed E-state index contributed by atoms with van der Waals surface area (Å²) in [5.74, 6) is -0.480. The van der Waals surface area contributed by atoms with Gasteiger partial charge in [-0.3, -0.25) is 0 Å². The number of ether oxygens (including phenoxy) is 1. The molecule has 0 bridgehead atoms. The summed E-state index contributed by atoms with van der Waals surface area (Å²) in [6.45, 7) is 0.782. The molecule has 1 aliphatic heterocycles. The first-order chi connectivity index (χ1) is 8.47. The highest BCUT2D eigenvalue weighted by atomic mass is 35.7. The minimum absolute atomic E-state index is 0.174. The first kappa shape index (κ1) is 13.8. The Morgan fingerprint density at radius 2 is 2.00 bits per heavy atom. The van der Waals surface area contributed by atoms with Gasteiger partial charge in [-0.1, -0.05) is 12.1 Å². The van der Waals surface area contributed by atoms with E-state index in [1.807, 2.05) is 0 Å². The fourth-order valence-electron chi connectivity index (χ4n) is 2.26. The third-order valence-corrected chi connectivity index (χ3v) is 5.21. The number of halogens is 2.